The molecule has 1 fully saturated rings. The van der Waals surface area contributed by atoms with Crippen LogP contribution in [0.4, 0.5) is 13.2 Å². The molecule has 3 nitrogen and oxygen atoms in total. The zero-order valence-electron chi connectivity index (χ0n) is 16.9. The van der Waals surface area contributed by atoms with Crippen LogP contribution in [0.15, 0.2) is 36.5 Å². The molecule has 2 aromatic carbocycles. The topological polar surface area (TPSA) is 41.6 Å². The second-order valence-electron chi connectivity index (χ2n) is 8.46. The van der Waals surface area contributed by atoms with Gasteiger partial charge in [-0.25, -0.2) is 18.2 Å². The Morgan fingerprint density at radius 2 is 1.81 bits per heavy atom. The van der Waals surface area contributed by atoms with Gasteiger partial charge in [0.1, 0.15) is 16.7 Å². The molecular weight excluding hydrogens is 423 g/mol. The van der Waals surface area contributed by atoms with Gasteiger partial charge in [-0.3, -0.25) is 4.98 Å². The Morgan fingerprint density at radius 3 is 2.58 bits per heavy atom. The molecule has 1 saturated carbocycles. The summed E-state index contributed by atoms with van der Waals surface area (Å²) in [7, 11) is 0. The molecule has 0 unspecified atom stereocenters. The lowest BCUT2D eigenvalue weighted by Gasteiger charge is -2.32. The Bertz CT molecular complexity index is 1280. The van der Waals surface area contributed by atoms with Crippen molar-refractivity contribution < 1.29 is 13.2 Å². The van der Waals surface area contributed by atoms with Gasteiger partial charge >= 0.3 is 0 Å². The van der Waals surface area contributed by atoms with Gasteiger partial charge in [-0.2, -0.15) is 0 Å². The highest BCUT2D eigenvalue weighted by Gasteiger charge is 2.29. The van der Waals surface area contributed by atoms with E-state index < -0.39 is 11.6 Å². The molecule has 0 aliphatic heterocycles. The summed E-state index contributed by atoms with van der Waals surface area (Å²) < 4.78 is 41.3. The van der Waals surface area contributed by atoms with Gasteiger partial charge in [-0.05, 0) is 67.3 Å². The standard InChI is InChI=1S/C24H21ClF3N3/c1-12(24-30-20-11-18(27)22(28)21(25)23(20)31-24)13-2-4-14(5-3-13)16-8-9-29-19-7-6-15(26)10-17(16)19/h6-14H,2-5H2,1H3,(H,30,31)/t12-,13?,14?/m0/s1. The summed E-state index contributed by atoms with van der Waals surface area (Å²) in [6, 6.07) is 7.81. The zero-order valence-corrected chi connectivity index (χ0v) is 17.7. The largest absolute Gasteiger partial charge is 0.340 e. The lowest BCUT2D eigenvalue weighted by atomic mass is 9.73. The molecule has 0 amide bonds. The molecule has 0 radical (unpaired) electrons. The summed E-state index contributed by atoms with van der Waals surface area (Å²) in [5.41, 5.74) is 2.64. The summed E-state index contributed by atoms with van der Waals surface area (Å²) in [6.07, 6.45) is 5.72. The van der Waals surface area contributed by atoms with Crippen LogP contribution in [0, 0.1) is 23.4 Å². The molecule has 31 heavy (non-hydrogen) atoms. The minimum Gasteiger partial charge on any atom is -0.340 e. The van der Waals surface area contributed by atoms with Crippen LogP contribution in [0.1, 0.15) is 55.8 Å². The highest BCUT2D eigenvalue weighted by Crippen LogP contribution is 2.43. The third-order valence-corrected chi connectivity index (χ3v) is 7.08. The Hall–Kier alpha value is -2.60. The molecule has 0 spiro atoms. The number of H-pyrrole nitrogens is 1. The van der Waals surface area contributed by atoms with Gasteiger partial charge in [0.15, 0.2) is 11.6 Å². The summed E-state index contributed by atoms with van der Waals surface area (Å²) in [5, 5.41) is 0.622. The molecule has 2 heterocycles. The highest BCUT2D eigenvalue weighted by atomic mass is 35.5. The molecule has 5 rings (SSSR count). The minimum atomic E-state index is -1.06. The quantitative estimate of drug-likeness (QED) is 0.338. The van der Waals surface area contributed by atoms with Gasteiger partial charge in [0, 0.05) is 23.6 Å². The maximum absolute atomic E-state index is 13.8. The van der Waals surface area contributed by atoms with Crippen molar-refractivity contribution in [2.75, 3.05) is 0 Å². The fraction of sp³-hybridized carbons (Fsp3) is 0.333. The van der Waals surface area contributed by atoms with Crippen molar-refractivity contribution in [2.45, 2.75) is 44.4 Å². The van der Waals surface area contributed by atoms with E-state index in [4.69, 9.17) is 11.6 Å². The van der Waals surface area contributed by atoms with Crippen molar-refractivity contribution in [3.05, 3.63) is 70.4 Å². The van der Waals surface area contributed by atoms with Gasteiger partial charge in [-0.1, -0.05) is 18.5 Å². The Balaban J connectivity index is 1.36. The van der Waals surface area contributed by atoms with Crippen molar-refractivity contribution >= 4 is 33.5 Å². The third-order valence-electron chi connectivity index (χ3n) is 6.72. The van der Waals surface area contributed by atoms with Gasteiger partial charge in [0.2, 0.25) is 0 Å². The smallest absolute Gasteiger partial charge is 0.179 e. The fourth-order valence-electron chi connectivity index (χ4n) is 4.94. The van der Waals surface area contributed by atoms with Crippen LogP contribution in [0.25, 0.3) is 21.9 Å². The molecule has 1 aliphatic rings. The number of benzene rings is 2. The predicted molar refractivity (Wildman–Crippen MR) is 116 cm³/mol. The molecule has 0 bridgehead atoms. The number of imidazole rings is 1. The third kappa shape index (κ3) is 3.57. The first-order valence-electron chi connectivity index (χ1n) is 10.5. The van der Waals surface area contributed by atoms with E-state index in [-0.39, 0.29) is 16.8 Å². The second-order valence-corrected chi connectivity index (χ2v) is 8.84. The Kier molecular flexibility index (Phi) is 5.13. The van der Waals surface area contributed by atoms with Gasteiger partial charge in [-0.15, -0.1) is 0 Å². The summed E-state index contributed by atoms with van der Waals surface area (Å²) in [5.74, 6) is -0.771. The fourth-order valence-corrected chi connectivity index (χ4v) is 5.17. The molecule has 7 heteroatoms. The summed E-state index contributed by atoms with van der Waals surface area (Å²) >= 11 is 5.96. The molecule has 2 aromatic heterocycles. The maximum Gasteiger partial charge on any atom is 0.179 e. The average molecular weight is 444 g/mol. The summed E-state index contributed by atoms with van der Waals surface area (Å²) in [6.45, 7) is 2.08. The van der Waals surface area contributed by atoms with Crippen LogP contribution in [-0.4, -0.2) is 15.0 Å². The lowest BCUT2D eigenvalue weighted by molar-refractivity contribution is 0.286. The molecule has 1 atom stereocenters. The first kappa shape index (κ1) is 20.3. The van der Waals surface area contributed by atoms with Crippen molar-refractivity contribution in [1.29, 1.82) is 0 Å². The second kappa shape index (κ2) is 7.83. The van der Waals surface area contributed by atoms with Crippen LogP contribution in [0.5, 0.6) is 0 Å². The molecule has 1 N–H and O–H groups in total. The summed E-state index contributed by atoms with van der Waals surface area (Å²) in [4.78, 5) is 11.9. The number of nitrogens with zero attached hydrogens (tertiary/aromatic N) is 2. The number of hydrogen-bond acceptors (Lipinski definition) is 2. The monoisotopic (exact) mass is 443 g/mol. The molecule has 4 aromatic rings. The first-order valence-corrected chi connectivity index (χ1v) is 10.9. The SMILES string of the molecule is C[C@H](c1nc2cc(F)c(F)c(Cl)c2[nH]1)C1CCC(c2ccnc3ccc(F)cc23)CC1. The van der Waals surface area contributed by atoms with Crippen molar-refractivity contribution in [1.82, 2.24) is 15.0 Å². The van der Waals surface area contributed by atoms with E-state index in [9.17, 15) is 13.2 Å². The maximum atomic E-state index is 13.8. The van der Waals surface area contributed by atoms with Crippen LogP contribution in [0.3, 0.4) is 0 Å². The predicted octanol–water partition coefficient (Wildman–Crippen LogP) is 7.26. The number of aromatic nitrogens is 3. The van der Waals surface area contributed by atoms with E-state index in [0.29, 0.717) is 28.7 Å². The van der Waals surface area contributed by atoms with E-state index in [2.05, 4.69) is 21.9 Å². The average Bonchev–Trinajstić information content (AvgIpc) is 3.21. The first-order chi connectivity index (χ1) is 14.9. The minimum absolute atomic E-state index is 0.0992. The number of fused-ring (bicyclic) bond motifs is 2. The Labute approximate surface area is 182 Å². The number of pyridine rings is 1. The van der Waals surface area contributed by atoms with Crippen molar-refractivity contribution in [3.63, 3.8) is 0 Å². The van der Waals surface area contributed by atoms with Gasteiger partial charge < -0.3 is 4.98 Å². The van der Waals surface area contributed by atoms with Crippen LogP contribution in [-0.2, 0) is 0 Å². The van der Waals surface area contributed by atoms with Gasteiger partial charge in [0.05, 0.1) is 16.6 Å². The molecule has 160 valence electrons. The molecular formula is C24H21ClF3N3. The van der Waals surface area contributed by atoms with Crippen molar-refractivity contribution in [3.8, 4) is 0 Å². The molecule has 0 saturated heterocycles. The van der Waals surface area contributed by atoms with Crippen molar-refractivity contribution in [2.24, 2.45) is 5.92 Å². The van der Waals surface area contributed by atoms with Crippen LogP contribution in [0.2, 0.25) is 5.02 Å². The Morgan fingerprint density at radius 1 is 1.03 bits per heavy atom. The van der Waals surface area contributed by atoms with Crippen LogP contribution < -0.4 is 0 Å². The van der Waals surface area contributed by atoms with E-state index in [1.807, 2.05) is 6.07 Å². The number of rotatable bonds is 3. The zero-order chi connectivity index (χ0) is 21.7. The number of hydrogen-bond donors (Lipinski definition) is 1. The number of aromatic amines is 1. The van der Waals surface area contributed by atoms with E-state index in [1.54, 1.807) is 18.3 Å². The van der Waals surface area contributed by atoms with E-state index >= 15 is 0 Å². The lowest BCUT2D eigenvalue weighted by Crippen LogP contribution is -2.19. The molecule has 1 aliphatic carbocycles. The van der Waals surface area contributed by atoms with Gasteiger partial charge in [0.25, 0.3) is 0 Å². The van der Waals surface area contributed by atoms with E-state index in [0.717, 1.165) is 48.2 Å². The normalized spacial score (nSPS) is 20.4. The van der Waals surface area contributed by atoms with E-state index in [1.165, 1.54) is 6.07 Å². The number of nitrogens with one attached hydrogen (secondary N) is 1. The number of halogens is 4. The highest BCUT2D eigenvalue weighted by molar-refractivity contribution is 6.35. The van der Waals surface area contributed by atoms with Crippen LogP contribution >= 0.6 is 11.6 Å².